The summed E-state index contributed by atoms with van der Waals surface area (Å²) in [4.78, 5) is 27.8. The van der Waals surface area contributed by atoms with Crippen molar-refractivity contribution in [1.29, 1.82) is 0 Å². The molecule has 0 aromatic heterocycles. The SMILES string of the molecule is Cc1ccc(CN(C(=O)CSCc2ccc(Cl)cc2Cl)C(C)C(=O)NC2CCCC2)cc1. The van der Waals surface area contributed by atoms with E-state index >= 15 is 0 Å². The fourth-order valence-corrected chi connectivity index (χ4v) is 5.30. The monoisotopic (exact) mass is 492 g/mol. The van der Waals surface area contributed by atoms with Gasteiger partial charge in [0.25, 0.3) is 0 Å². The summed E-state index contributed by atoms with van der Waals surface area (Å²) in [5.41, 5.74) is 3.11. The summed E-state index contributed by atoms with van der Waals surface area (Å²) in [5.74, 6) is 0.729. The summed E-state index contributed by atoms with van der Waals surface area (Å²) in [5, 5.41) is 4.32. The van der Waals surface area contributed by atoms with Gasteiger partial charge in [-0.15, -0.1) is 11.8 Å². The van der Waals surface area contributed by atoms with Gasteiger partial charge in [0.15, 0.2) is 0 Å². The van der Waals surface area contributed by atoms with Gasteiger partial charge in [-0.3, -0.25) is 9.59 Å². The molecular formula is C25H30Cl2N2O2S. The second-order valence-electron chi connectivity index (χ2n) is 8.40. The highest BCUT2D eigenvalue weighted by Gasteiger charge is 2.28. The first-order valence-corrected chi connectivity index (χ1v) is 12.9. The van der Waals surface area contributed by atoms with Crippen molar-refractivity contribution in [3.05, 3.63) is 69.2 Å². The first-order valence-electron chi connectivity index (χ1n) is 11.0. The quantitative estimate of drug-likeness (QED) is 0.466. The first-order chi connectivity index (χ1) is 15.3. The fourth-order valence-electron chi connectivity index (χ4n) is 3.83. The minimum atomic E-state index is -0.538. The molecule has 4 nitrogen and oxygen atoms in total. The van der Waals surface area contributed by atoms with Crippen molar-refractivity contribution in [2.24, 2.45) is 0 Å². The van der Waals surface area contributed by atoms with Crippen LogP contribution in [-0.4, -0.2) is 34.6 Å². The van der Waals surface area contributed by atoms with Crippen molar-refractivity contribution in [1.82, 2.24) is 10.2 Å². The summed E-state index contributed by atoms with van der Waals surface area (Å²) < 4.78 is 0. The Bertz CT molecular complexity index is 930. The van der Waals surface area contributed by atoms with Crippen LogP contribution < -0.4 is 5.32 Å². The van der Waals surface area contributed by atoms with Crippen LogP contribution in [0.2, 0.25) is 10.0 Å². The van der Waals surface area contributed by atoms with Gasteiger partial charge in [-0.05, 0) is 49.9 Å². The van der Waals surface area contributed by atoms with Gasteiger partial charge in [0.1, 0.15) is 6.04 Å². The molecule has 172 valence electrons. The minimum Gasteiger partial charge on any atom is -0.352 e. The molecule has 7 heteroatoms. The Morgan fingerprint density at radius 1 is 1.12 bits per heavy atom. The second kappa shape index (κ2) is 12.0. The van der Waals surface area contributed by atoms with E-state index in [0.29, 0.717) is 22.3 Å². The standard InChI is InChI=1S/C25H30Cl2N2O2S/c1-17-7-9-19(10-8-17)14-29(18(2)25(31)28-22-5-3-4-6-22)24(30)16-32-15-20-11-12-21(26)13-23(20)27/h7-13,18,22H,3-6,14-16H2,1-2H3,(H,28,31). The Morgan fingerprint density at radius 3 is 2.47 bits per heavy atom. The molecule has 0 radical (unpaired) electrons. The van der Waals surface area contributed by atoms with E-state index in [2.05, 4.69) is 5.32 Å². The molecule has 2 aromatic carbocycles. The van der Waals surface area contributed by atoms with Crippen molar-refractivity contribution < 1.29 is 9.59 Å². The number of hydrogen-bond donors (Lipinski definition) is 1. The van der Waals surface area contributed by atoms with Gasteiger partial charge in [-0.25, -0.2) is 0 Å². The Morgan fingerprint density at radius 2 is 1.81 bits per heavy atom. The lowest BCUT2D eigenvalue weighted by Gasteiger charge is -2.29. The number of carbonyl (C=O) groups is 2. The van der Waals surface area contributed by atoms with E-state index in [-0.39, 0.29) is 23.6 Å². The van der Waals surface area contributed by atoms with Crippen LogP contribution in [0, 0.1) is 6.92 Å². The third-order valence-electron chi connectivity index (χ3n) is 5.84. The molecule has 1 atom stereocenters. The Labute approximate surface area is 205 Å². The maximum Gasteiger partial charge on any atom is 0.242 e. The molecule has 2 aromatic rings. The minimum absolute atomic E-state index is 0.0604. The summed E-state index contributed by atoms with van der Waals surface area (Å²) in [6.45, 7) is 4.25. The highest BCUT2D eigenvalue weighted by molar-refractivity contribution is 7.99. The zero-order valence-electron chi connectivity index (χ0n) is 18.6. The van der Waals surface area contributed by atoms with E-state index in [1.807, 2.05) is 44.2 Å². The van der Waals surface area contributed by atoms with Gasteiger partial charge in [-0.1, -0.05) is 71.9 Å². The summed E-state index contributed by atoms with van der Waals surface area (Å²) in [7, 11) is 0. The molecule has 32 heavy (non-hydrogen) atoms. The van der Waals surface area contributed by atoms with Crippen LogP contribution >= 0.6 is 35.0 Å². The third-order valence-corrected chi connectivity index (χ3v) is 7.39. The number of aryl methyl sites for hydroxylation is 1. The summed E-state index contributed by atoms with van der Waals surface area (Å²) in [6, 6.07) is 13.1. The number of thioether (sulfide) groups is 1. The number of amides is 2. The number of benzene rings is 2. The van der Waals surface area contributed by atoms with Crippen molar-refractivity contribution in [3.8, 4) is 0 Å². The van der Waals surface area contributed by atoms with Gasteiger partial charge in [0.05, 0.1) is 5.75 Å². The van der Waals surface area contributed by atoms with Gasteiger partial charge in [0.2, 0.25) is 11.8 Å². The van der Waals surface area contributed by atoms with Crippen molar-refractivity contribution in [2.45, 2.75) is 63.9 Å². The number of hydrogen-bond acceptors (Lipinski definition) is 3. The first kappa shape index (κ1) is 24.9. The van der Waals surface area contributed by atoms with Gasteiger partial charge >= 0.3 is 0 Å². The molecule has 1 aliphatic carbocycles. The average molecular weight is 494 g/mol. The summed E-state index contributed by atoms with van der Waals surface area (Å²) in [6.07, 6.45) is 4.33. The smallest absolute Gasteiger partial charge is 0.242 e. The lowest BCUT2D eigenvalue weighted by molar-refractivity contribution is -0.138. The van der Waals surface area contributed by atoms with E-state index in [0.717, 1.165) is 42.4 Å². The topological polar surface area (TPSA) is 49.4 Å². The molecule has 0 saturated heterocycles. The summed E-state index contributed by atoms with van der Waals surface area (Å²) >= 11 is 13.7. The molecule has 0 heterocycles. The molecule has 3 rings (SSSR count). The molecule has 1 unspecified atom stereocenters. The van der Waals surface area contributed by atoms with Crippen LogP contribution in [0.15, 0.2) is 42.5 Å². The molecular weight excluding hydrogens is 463 g/mol. The number of nitrogens with zero attached hydrogens (tertiary/aromatic N) is 1. The Hall–Kier alpha value is -1.69. The van der Waals surface area contributed by atoms with Crippen LogP contribution in [0.4, 0.5) is 0 Å². The lowest BCUT2D eigenvalue weighted by Crippen LogP contribution is -2.50. The van der Waals surface area contributed by atoms with E-state index < -0.39 is 6.04 Å². The van der Waals surface area contributed by atoms with Crippen molar-refractivity contribution in [3.63, 3.8) is 0 Å². The zero-order chi connectivity index (χ0) is 23.1. The third kappa shape index (κ3) is 7.16. The number of rotatable bonds is 9. The average Bonchev–Trinajstić information content (AvgIpc) is 3.27. The van der Waals surface area contributed by atoms with Crippen molar-refractivity contribution >= 4 is 46.8 Å². The number of carbonyl (C=O) groups excluding carboxylic acids is 2. The molecule has 1 aliphatic rings. The Kier molecular flexibility index (Phi) is 9.33. The molecule has 0 spiro atoms. The maximum atomic E-state index is 13.2. The van der Waals surface area contributed by atoms with Crippen LogP contribution in [-0.2, 0) is 21.9 Å². The zero-order valence-corrected chi connectivity index (χ0v) is 20.9. The van der Waals surface area contributed by atoms with E-state index in [9.17, 15) is 9.59 Å². The van der Waals surface area contributed by atoms with Crippen molar-refractivity contribution in [2.75, 3.05) is 5.75 Å². The maximum absolute atomic E-state index is 13.2. The van der Waals surface area contributed by atoms with Gasteiger partial charge in [-0.2, -0.15) is 0 Å². The van der Waals surface area contributed by atoms with E-state index in [1.165, 1.54) is 11.8 Å². The predicted octanol–water partition coefficient (Wildman–Crippen LogP) is 6.01. The lowest BCUT2D eigenvalue weighted by atomic mass is 10.1. The molecule has 1 fully saturated rings. The van der Waals surface area contributed by atoms with E-state index in [1.54, 1.807) is 17.0 Å². The fraction of sp³-hybridized carbons (Fsp3) is 0.440. The predicted molar refractivity (Wildman–Crippen MR) is 134 cm³/mol. The molecule has 1 N–H and O–H groups in total. The highest BCUT2D eigenvalue weighted by Crippen LogP contribution is 2.25. The molecule has 1 saturated carbocycles. The van der Waals surface area contributed by atoms with Crippen LogP contribution in [0.1, 0.15) is 49.3 Å². The van der Waals surface area contributed by atoms with Crippen LogP contribution in [0.5, 0.6) is 0 Å². The van der Waals surface area contributed by atoms with Gasteiger partial charge in [0, 0.05) is 28.4 Å². The normalized spacial score (nSPS) is 14.9. The highest BCUT2D eigenvalue weighted by atomic mass is 35.5. The largest absolute Gasteiger partial charge is 0.352 e. The van der Waals surface area contributed by atoms with Crippen LogP contribution in [0.3, 0.4) is 0 Å². The van der Waals surface area contributed by atoms with Gasteiger partial charge < -0.3 is 10.2 Å². The molecule has 0 bridgehead atoms. The molecule has 0 aliphatic heterocycles. The Balaban J connectivity index is 1.66. The number of nitrogens with one attached hydrogen (secondary N) is 1. The number of halogens is 2. The van der Waals surface area contributed by atoms with Crippen LogP contribution in [0.25, 0.3) is 0 Å². The molecule has 2 amide bonds. The van der Waals surface area contributed by atoms with E-state index in [4.69, 9.17) is 23.2 Å². The second-order valence-corrected chi connectivity index (χ2v) is 10.2.